The molecule has 0 atom stereocenters. The molecule has 4 rings (SSSR count). The molecule has 0 aromatic heterocycles. The number of benzene rings is 2. The molecule has 2 aromatic rings. The van der Waals surface area contributed by atoms with Crippen molar-refractivity contribution in [2.24, 2.45) is 5.92 Å². The molecule has 0 saturated carbocycles. The number of fused-ring (bicyclic) bond motifs is 1. The molecule has 0 unspecified atom stereocenters. The van der Waals surface area contributed by atoms with Crippen LogP contribution in [0.15, 0.2) is 35.2 Å². The Labute approximate surface area is 196 Å². The van der Waals surface area contributed by atoms with Gasteiger partial charge in [0, 0.05) is 31.6 Å². The van der Waals surface area contributed by atoms with Gasteiger partial charge in [-0.3, -0.25) is 4.79 Å². The predicted molar refractivity (Wildman–Crippen MR) is 126 cm³/mol. The summed E-state index contributed by atoms with van der Waals surface area (Å²) in [6.07, 6.45) is 1.82. The van der Waals surface area contributed by atoms with E-state index in [1.54, 1.807) is 12.1 Å². The smallest absolute Gasteiger partial charge is 0.243 e. The number of aryl methyl sites for hydroxylation is 3. The molecule has 1 N–H and O–H groups in total. The molecule has 178 valence electrons. The largest absolute Gasteiger partial charge is 0.486 e. The van der Waals surface area contributed by atoms with Gasteiger partial charge in [-0.1, -0.05) is 17.7 Å². The second-order valence-electron chi connectivity index (χ2n) is 8.90. The average Bonchev–Trinajstić information content (AvgIpc) is 2.80. The Morgan fingerprint density at radius 2 is 1.64 bits per heavy atom. The van der Waals surface area contributed by atoms with Crippen LogP contribution in [0.1, 0.15) is 35.1 Å². The fourth-order valence-electron chi connectivity index (χ4n) is 4.75. The molecule has 1 saturated heterocycles. The highest BCUT2D eigenvalue weighted by molar-refractivity contribution is 7.89. The van der Waals surface area contributed by atoms with Crippen molar-refractivity contribution in [1.82, 2.24) is 9.62 Å². The van der Waals surface area contributed by atoms with Crippen LogP contribution in [0.2, 0.25) is 0 Å². The zero-order chi connectivity index (χ0) is 23.6. The Kier molecular flexibility index (Phi) is 6.95. The molecule has 1 amide bonds. The number of amides is 1. The van der Waals surface area contributed by atoms with Gasteiger partial charge in [-0.05, 0) is 68.9 Å². The highest BCUT2D eigenvalue weighted by atomic mass is 32.2. The quantitative estimate of drug-likeness (QED) is 0.698. The molecular formula is C25H32N2O5S. The number of nitrogens with one attached hydrogen (secondary N) is 1. The minimum atomic E-state index is -3.64. The SMILES string of the molecule is Cc1cc(C)c(CCNC(=O)C2CCN(S(=O)(=O)c3ccc4c(c3)OCCO4)CC2)c(C)c1. The second-order valence-corrected chi connectivity index (χ2v) is 10.8. The van der Waals surface area contributed by atoms with Crippen molar-refractivity contribution in [3.63, 3.8) is 0 Å². The van der Waals surface area contributed by atoms with Crippen LogP contribution >= 0.6 is 0 Å². The maximum Gasteiger partial charge on any atom is 0.243 e. The minimum absolute atomic E-state index is 0.00814. The summed E-state index contributed by atoms with van der Waals surface area (Å²) in [4.78, 5) is 12.9. The number of ether oxygens (including phenoxy) is 2. The molecule has 0 bridgehead atoms. The molecule has 33 heavy (non-hydrogen) atoms. The molecule has 0 aliphatic carbocycles. The van der Waals surface area contributed by atoms with Crippen LogP contribution in [0, 0.1) is 26.7 Å². The van der Waals surface area contributed by atoms with Crippen molar-refractivity contribution >= 4 is 15.9 Å². The lowest BCUT2D eigenvalue weighted by Crippen LogP contribution is -2.43. The van der Waals surface area contributed by atoms with Gasteiger partial charge in [0.15, 0.2) is 11.5 Å². The van der Waals surface area contributed by atoms with Crippen LogP contribution in [-0.2, 0) is 21.2 Å². The summed E-state index contributed by atoms with van der Waals surface area (Å²) >= 11 is 0. The van der Waals surface area contributed by atoms with Crippen molar-refractivity contribution in [3.8, 4) is 11.5 Å². The second kappa shape index (κ2) is 9.73. The first-order valence-corrected chi connectivity index (χ1v) is 12.9. The summed E-state index contributed by atoms with van der Waals surface area (Å²) in [5.74, 6) is 0.855. The number of hydrogen-bond donors (Lipinski definition) is 1. The summed E-state index contributed by atoms with van der Waals surface area (Å²) < 4.78 is 38.7. The van der Waals surface area contributed by atoms with E-state index in [-0.39, 0.29) is 16.7 Å². The monoisotopic (exact) mass is 472 g/mol. The van der Waals surface area contributed by atoms with Crippen molar-refractivity contribution in [2.75, 3.05) is 32.8 Å². The van der Waals surface area contributed by atoms with Crippen molar-refractivity contribution in [2.45, 2.75) is 44.9 Å². The highest BCUT2D eigenvalue weighted by Gasteiger charge is 2.32. The van der Waals surface area contributed by atoms with E-state index in [0.717, 1.165) is 6.42 Å². The van der Waals surface area contributed by atoms with Gasteiger partial charge in [-0.25, -0.2) is 8.42 Å². The van der Waals surface area contributed by atoms with Gasteiger partial charge in [0.2, 0.25) is 15.9 Å². The van der Waals surface area contributed by atoms with Gasteiger partial charge in [-0.15, -0.1) is 0 Å². The molecule has 2 aliphatic rings. The molecule has 0 radical (unpaired) electrons. The lowest BCUT2D eigenvalue weighted by Gasteiger charge is -2.31. The van der Waals surface area contributed by atoms with E-state index < -0.39 is 10.0 Å². The van der Waals surface area contributed by atoms with Gasteiger partial charge >= 0.3 is 0 Å². The molecular weight excluding hydrogens is 440 g/mol. The molecule has 1 fully saturated rings. The predicted octanol–water partition coefficient (Wildman–Crippen LogP) is 3.14. The standard InChI is InChI=1S/C25H32N2O5S/c1-17-14-18(2)22(19(3)15-17)6-9-26-25(28)20-7-10-27(11-8-20)33(29,30)21-4-5-23-24(16-21)32-13-12-31-23/h4-5,14-16,20H,6-13H2,1-3H3,(H,26,28). The van der Waals surface area contributed by atoms with E-state index in [9.17, 15) is 13.2 Å². The fourth-order valence-corrected chi connectivity index (χ4v) is 6.24. The van der Waals surface area contributed by atoms with Gasteiger partial charge in [0.25, 0.3) is 0 Å². The number of nitrogens with zero attached hydrogens (tertiary/aromatic N) is 1. The van der Waals surface area contributed by atoms with E-state index in [0.29, 0.717) is 57.2 Å². The maximum absolute atomic E-state index is 13.1. The van der Waals surface area contributed by atoms with Gasteiger partial charge in [0.05, 0.1) is 4.90 Å². The molecule has 7 nitrogen and oxygen atoms in total. The number of carbonyl (C=O) groups excluding carboxylic acids is 1. The first-order valence-electron chi connectivity index (χ1n) is 11.5. The summed E-state index contributed by atoms with van der Waals surface area (Å²) in [7, 11) is -3.64. The topological polar surface area (TPSA) is 84.9 Å². The molecule has 2 heterocycles. The van der Waals surface area contributed by atoms with Crippen molar-refractivity contribution in [3.05, 3.63) is 52.6 Å². The summed E-state index contributed by atoms with van der Waals surface area (Å²) in [5.41, 5.74) is 5.02. The zero-order valence-electron chi connectivity index (χ0n) is 19.5. The highest BCUT2D eigenvalue weighted by Crippen LogP contribution is 2.34. The maximum atomic E-state index is 13.1. The van der Waals surface area contributed by atoms with E-state index in [1.165, 1.54) is 32.6 Å². The Morgan fingerprint density at radius 3 is 2.30 bits per heavy atom. The van der Waals surface area contributed by atoms with Crippen LogP contribution in [0.4, 0.5) is 0 Å². The number of sulfonamides is 1. The fraction of sp³-hybridized carbons (Fsp3) is 0.480. The molecule has 2 aliphatic heterocycles. The third-order valence-corrected chi connectivity index (χ3v) is 8.39. The van der Waals surface area contributed by atoms with E-state index >= 15 is 0 Å². The lowest BCUT2D eigenvalue weighted by atomic mass is 9.96. The molecule has 8 heteroatoms. The third-order valence-electron chi connectivity index (χ3n) is 6.49. The summed E-state index contributed by atoms with van der Waals surface area (Å²) in [6, 6.07) is 9.05. The average molecular weight is 473 g/mol. The number of rotatable bonds is 6. The minimum Gasteiger partial charge on any atom is -0.486 e. The third kappa shape index (κ3) is 5.17. The Morgan fingerprint density at radius 1 is 1.00 bits per heavy atom. The number of piperidine rings is 1. The number of carbonyl (C=O) groups is 1. The molecule has 2 aromatic carbocycles. The van der Waals surface area contributed by atoms with E-state index in [1.807, 2.05) is 0 Å². The summed E-state index contributed by atoms with van der Waals surface area (Å²) in [6.45, 7) is 8.39. The Bertz CT molecular complexity index is 1110. The Hall–Kier alpha value is -2.58. The normalized spacial score (nSPS) is 17.1. The van der Waals surface area contributed by atoms with Crippen LogP contribution in [0.5, 0.6) is 11.5 Å². The molecule has 0 spiro atoms. The number of hydrogen-bond acceptors (Lipinski definition) is 5. The van der Waals surface area contributed by atoms with Crippen LogP contribution in [-0.4, -0.2) is 51.5 Å². The van der Waals surface area contributed by atoms with Crippen LogP contribution in [0.3, 0.4) is 0 Å². The first kappa shape index (κ1) is 23.6. The first-order chi connectivity index (χ1) is 15.8. The lowest BCUT2D eigenvalue weighted by molar-refractivity contribution is -0.126. The van der Waals surface area contributed by atoms with Gasteiger partial charge in [-0.2, -0.15) is 4.31 Å². The summed E-state index contributed by atoms with van der Waals surface area (Å²) in [5, 5.41) is 3.05. The van der Waals surface area contributed by atoms with Crippen LogP contribution < -0.4 is 14.8 Å². The van der Waals surface area contributed by atoms with E-state index in [2.05, 4.69) is 38.2 Å². The zero-order valence-corrected chi connectivity index (χ0v) is 20.3. The Balaban J connectivity index is 1.30. The van der Waals surface area contributed by atoms with E-state index in [4.69, 9.17) is 9.47 Å². The van der Waals surface area contributed by atoms with Gasteiger partial charge in [0.1, 0.15) is 13.2 Å². The van der Waals surface area contributed by atoms with Gasteiger partial charge < -0.3 is 14.8 Å². The van der Waals surface area contributed by atoms with Crippen molar-refractivity contribution in [1.29, 1.82) is 0 Å². The van der Waals surface area contributed by atoms with Crippen LogP contribution in [0.25, 0.3) is 0 Å². The van der Waals surface area contributed by atoms with Crippen molar-refractivity contribution < 1.29 is 22.7 Å².